The molecule has 0 aromatic rings. The lowest BCUT2D eigenvalue weighted by Gasteiger charge is -2.00. The van der Waals surface area contributed by atoms with Gasteiger partial charge in [0.25, 0.3) is 0 Å². The van der Waals surface area contributed by atoms with Crippen LogP contribution in [0, 0.1) is 0 Å². The molecule has 0 radical (unpaired) electrons. The molecule has 10 heavy (non-hydrogen) atoms. The Labute approximate surface area is 60.3 Å². The van der Waals surface area contributed by atoms with E-state index < -0.39 is 16.0 Å². The minimum Gasteiger partial charge on any atom is -0.246 e. The van der Waals surface area contributed by atoms with Crippen LogP contribution in [0.1, 0.15) is 19.3 Å². The Hall–Kier alpha value is -0.120. The molecule has 0 bridgehead atoms. The van der Waals surface area contributed by atoms with Gasteiger partial charge in [0.1, 0.15) is 6.17 Å². The Morgan fingerprint density at radius 1 is 1.30 bits per heavy atom. The highest BCUT2D eigenvalue weighted by atomic mass is 32.2. The topological polar surface area (TPSA) is 34.1 Å². The normalized spacial score (nSPS) is 33.1. The summed E-state index contributed by atoms with van der Waals surface area (Å²) in [5.74, 6) is -0.0829. The van der Waals surface area contributed by atoms with E-state index in [1.54, 1.807) is 0 Å². The van der Waals surface area contributed by atoms with Crippen molar-refractivity contribution in [3.8, 4) is 0 Å². The highest BCUT2D eigenvalue weighted by molar-refractivity contribution is 7.91. The Kier molecular flexibility index (Phi) is 2.28. The molecule has 0 N–H and O–H groups in total. The second-order valence-electron chi connectivity index (χ2n) is 2.71. The molecular weight excluding hydrogens is 155 g/mol. The van der Waals surface area contributed by atoms with Gasteiger partial charge in [0.15, 0.2) is 9.84 Å². The molecule has 0 aromatic heterocycles. The summed E-state index contributed by atoms with van der Waals surface area (Å²) in [6.07, 6.45) is 0.634. The van der Waals surface area contributed by atoms with Gasteiger partial charge in [-0.2, -0.15) is 0 Å². The van der Waals surface area contributed by atoms with Gasteiger partial charge in [-0.05, 0) is 19.3 Å². The molecule has 60 valence electrons. The van der Waals surface area contributed by atoms with Gasteiger partial charge >= 0.3 is 0 Å². The molecule has 1 saturated heterocycles. The van der Waals surface area contributed by atoms with E-state index in [2.05, 4.69) is 0 Å². The molecule has 0 spiro atoms. The Balaban J connectivity index is 2.64. The number of hydrogen-bond donors (Lipinski definition) is 0. The van der Waals surface area contributed by atoms with Gasteiger partial charge in [-0.15, -0.1) is 0 Å². The fourth-order valence-electron chi connectivity index (χ4n) is 1.13. The van der Waals surface area contributed by atoms with Crippen molar-refractivity contribution in [1.29, 1.82) is 0 Å². The van der Waals surface area contributed by atoms with E-state index >= 15 is 0 Å². The molecular formula is C6H11FO2S. The van der Waals surface area contributed by atoms with Gasteiger partial charge < -0.3 is 0 Å². The first-order chi connectivity index (χ1) is 4.60. The van der Waals surface area contributed by atoms with Crippen molar-refractivity contribution in [3.63, 3.8) is 0 Å². The van der Waals surface area contributed by atoms with E-state index in [4.69, 9.17) is 0 Å². The average Bonchev–Trinajstić information content (AvgIpc) is 1.90. The molecule has 1 fully saturated rings. The highest BCUT2D eigenvalue weighted by Gasteiger charge is 2.21. The van der Waals surface area contributed by atoms with E-state index in [1.807, 2.05) is 0 Å². The Morgan fingerprint density at radius 2 is 2.00 bits per heavy atom. The van der Waals surface area contributed by atoms with E-state index in [0.717, 1.165) is 0 Å². The standard InChI is InChI=1S/C6H11FO2S/c7-6-3-1-2-4-10(8,9)5-6/h6H,1-5H2. The van der Waals surface area contributed by atoms with Crippen molar-refractivity contribution in [2.45, 2.75) is 25.4 Å². The third-order valence-electron chi connectivity index (χ3n) is 1.66. The average molecular weight is 166 g/mol. The number of halogens is 1. The lowest BCUT2D eigenvalue weighted by molar-refractivity contribution is 0.340. The third-order valence-corrected chi connectivity index (χ3v) is 3.44. The van der Waals surface area contributed by atoms with E-state index in [1.165, 1.54) is 0 Å². The van der Waals surface area contributed by atoms with Gasteiger partial charge in [0, 0.05) is 0 Å². The first-order valence-corrected chi connectivity index (χ1v) is 5.27. The first kappa shape index (κ1) is 7.98. The summed E-state index contributed by atoms with van der Waals surface area (Å²) in [5.41, 5.74) is 0. The zero-order valence-electron chi connectivity index (χ0n) is 5.72. The van der Waals surface area contributed by atoms with Crippen molar-refractivity contribution >= 4 is 9.84 Å². The molecule has 1 aliphatic heterocycles. The molecule has 1 unspecified atom stereocenters. The van der Waals surface area contributed by atoms with Crippen LogP contribution in [-0.2, 0) is 9.84 Å². The first-order valence-electron chi connectivity index (χ1n) is 3.45. The predicted octanol–water partition coefficient (Wildman–Crippen LogP) is 0.923. The molecule has 4 heteroatoms. The summed E-state index contributed by atoms with van der Waals surface area (Å²) in [5, 5.41) is 0. The maximum Gasteiger partial charge on any atom is 0.153 e. The van der Waals surface area contributed by atoms with Crippen molar-refractivity contribution < 1.29 is 12.8 Å². The molecule has 0 aliphatic carbocycles. The summed E-state index contributed by atoms with van der Waals surface area (Å²) in [6, 6.07) is 0. The Bertz CT molecular complexity index is 198. The van der Waals surface area contributed by atoms with Crippen molar-refractivity contribution in [2.24, 2.45) is 0 Å². The van der Waals surface area contributed by atoms with Gasteiger partial charge in [0.2, 0.25) is 0 Å². The zero-order chi connectivity index (χ0) is 7.61. The van der Waals surface area contributed by atoms with E-state index in [-0.39, 0.29) is 11.5 Å². The van der Waals surface area contributed by atoms with Crippen LogP contribution in [0.15, 0.2) is 0 Å². The highest BCUT2D eigenvalue weighted by Crippen LogP contribution is 2.14. The molecule has 2 nitrogen and oxygen atoms in total. The van der Waals surface area contributed by atoms with Crippen LogP contribution >= 0.6 is 0 Å². The molecule has 1 heterocycles. The van der Waals surface area contributed by atoms with Crippen molar-refractivity contribution in [3.05, 3.63) is 0 Å². The van der Waals surface area contributed by atoms with Gasteiger partial charge in [-0.1, -0.05) is 0 Å². The molecule has 1 aliphatic rings. The molecule has 1 atom stereocenters. The zero-order valence-corrected chi connectivity index (χ0v) is 6.53. The SMILES string of the molecule is O=S1(=O)CCCCC(F)C1. The van der Waals surface area contributed by atoms with Crippen LogP contribution in [-0.4, -0.2) is 26.1 Å². The van der Waals surface area contributed by atoms with Gasteiger partial charge in [-0.3, -0.25) is 0 Å². The Morgan fingerprint density at radius 3 is 2.70 bits per heavy atom. The minimum absolute atomic E-state index is 0.174. The van der Waals surface area contributed by atoms with Crippen LogP contribution in [0.2, 0.25) is 0 Å². The molecule has 0 saturated carbocycles. The van der Waals surface area contributed by atoms with E-state index in [9.17, 15) is 12.8 Å². The lowest BCUT2D eigenvalue weighted by Crippen LogP contribution is -2.15. The van der Waals surface area contributed by atoms with Crippen LogP contribution in [0.3, 0.4) is 0 Å². The largest absolute Gasteiger partial charge is 0.246 e. The van der Waals surface area contributed by atoms with Crippen LogP contribution < -0.4 is 0 Å². The third kappa shape index (κ3) is 2.25. The predicted molar refractivity (Wildman–Crippen MR) is 37.4 cm³/mol. The lowest BCUT2D eigenvalue weighted by atomic mass is 10.2. The quantitative estimate of drug-likeness (QED) is 0.536. The van der Waals surface area contributed by atoms with Gasteiger partial charge in [-0.25, -0.2) is 12.8 Å². The monoisotopic (exact) mass is 166 g/mol. The molecule has 0 amide bonds. The number of hydrogen-bond acceptors (Lipinski definition) is 2. The number of rotatable bonds is 0. The molecule has 1 rings (SSSR count). The second-order valence-corrected chi connectivity index (χ2v) is 4.94. The summed E-state index contributed by atoms with van der Waals surface area (Å²) in [6.45, 7) is 0. The molecule has 0 aromatic carbocycles. The maximum absolute atomic E-state index is 12.6. The van der Waals surface area contributed by atoms with Crippen molar-refractivity contribution in [1.82, 2.24) is 0 Å². The summed E-state index contributed by atoms with van der Waals surface area (Å²) in [4.78, 5) is 0. The summed E-state index contributed by atoms with van der Waals surface area (Å²) < 4.78 is 34.2. The smallest absolute Gasteiger partial charge is 0.153 e. The number of sulfone groups is 1. The van der Waals surface area contributed by atoms with Crippen LogP contribution in [0.25, 0.3) is 0 Å². The van der Waals surface area contributed by atoms with Crippen LogP contribution in [0.5, 0.6) is 0 Å². The minimum atomic E-state index is -3.04. The van der Waals surface area contributed by atoms with E-state index in [0.29, 0.717) is 19.3 Å². The maximum atomic E-state index is 12.6. The van der Waals surface area contributed by atoms with Gasteiger partial charge in [0.05, 0.1) is 11.5 Å². The van der Waals surface area contributed by atoms with Crippen molar-refractivity contribution in [2.75, 3.05) is 11.5 Å². The van der Waals surface area contributed by atoms with Crippen LogP contribution in [0.4, 0.5) is 4.39 Å². The fourth-order valence-corrected chi connectivity index (χ4v) is 2.66. The summed E-state index contributed by atoms with van der Waals surface area (Å²) >= 11 is 0. The second kappa shape index (κ2) is 2.86. The fraction of sp³-hybridized carbons (Fsp3) is 1.00. The summed E-state index contributed by atoms with van der Waals surface area (Å²) in [7, 11) is -3.04. The number of alkyl halides is 1.